The Morgan fingerprint density at radius 2 is 1.25 bits per heavy atom. The molecule has 1 aliphatic heterocycles. The van der Waals surface area contributed by atoms with E-state index in [0.717, 1.165) is 12.1 Å². The predicted molar refractivity (Wildman–Crippen MR) is 87.8 cm³/mol. The molecule has 0 amide bonds. The third kappa shape index (κ3) is 2.26. The first kappa shape index (κ1) is 14.9. The van der Waals surface area contributed by atoms with Crippen molar-refractivity contribution in [1.82, 2.24) is 0 Å². The van der Waals surface area contributed by atoms with Crippen molar-refractivity contribution in [3.63, 3.8) is 0 Å². The summed E-state index contributed by atoms with van der Waals surface area (Å²) in [6, 6.07) is 2.02. The highest BCUT2D eigenvalue weighted by molar-refractivity contribution is 6.99. The molecule has 112 valence electrons. The van der Waals surface area contributed by atoms with Crippen molar-refractivity contribution in [3.05, 3.63) is 24.6 Å². The molecular formula is C14H26O3Si3. The van der Waals surface area contributed by atoms with Crippen LogP contribution in [0.25, 0.3) is 0 Å². The topological polar surface area (TPSA) is 27.7 Å². The van der Waals surface area contributed by atoms with Gasteiger partial charge in [0, 0.05) is 11.1 Å². The van der Waals surface area contributed by atoms with Gasteiger partial charge in [-0.05, 0) is 37.8 Å². The van der Waals surface area contributed by atoms with E-state index in [9.17, 15) is 0 Å². The average Bonchev–Trinajstić information content (AvgIpc) is 3.35. The lowest BCUT2D eigenvalue weighted by Gasteiger charge is -2.51. The van der Waals surface area contributed by atoms with Crippen LogP contribution in [-0.4, -0.2) is 25.7 Å². The summed E-state index contributed by atoms with van der Waals surface area (Å²) in [5.74, 6) is 0. The van der Waals surface area contributed by atoms with Gasteiger partial charge >= 0.3 is 25.7 Å². The summed E-state index contributed by atoms with van der Waals surface area (Å²) in [6.45, 7) is 12.6. The van der Waals surface area contributed by atoms with Crippen molar-refractivity contribution < 1.29 is 12.3 Å². The monoisotopic (exact) mass is 326 g/mol. The molecule has 0 aromatic heterocycles. The van der Waals surface area contributed by atoms with Crippen molar-refractivity contribution in [2.75, 3.05) is 0 Å². The van der Waals surface area contributed by atoms with Gasteiger partial charge in [0.25, 0.3) is 0 Å². The van der Waals surface area contributed by atoms with E-state index in [2.05, 4.69) is 27.0 Å². The molecule has 3 rings (SSSR count). The SMILES string of the molecule is C=C[Si]1(C2CC2)O[Si](CC)(CC)O[Si](C=C)(C2CC2)O1. The lowest BCUT2D eigenvalue weighted by Crippen LogP contribution is -2.69. The van der Waals surface area contributed by atoms with Crippen molar-refractivity contribution in [2.45, 2.75) is 62.7 Å². The van der Waals surface area contributed by atoms with Crippen LogP contribution in [-0.2, 0) is 12.3 Å². The van der Waals surface area contributed by atoms with Gasteiger partial charge in [-0.3, -0.25) is 0 Å². The van der Waals surface area contributed by atoms with E-state index in [-0.39, 0.29) is 0 Å². The van der Waals surface area contributed by atoms with E-state index >= 15 is 0 Å². The van der Waals surface area contributed by atoms with Crippen molar-refractivity contribution in [3.8, 4) is 0 Å². The Bertz CT molecular complexity index is 384. The fraction of sp³-hybridized carbons (Fsp3) is 0.714. The molecule has 2 unspecified atom stereocenters. The van der Waals surface area contributed by atoms with E-state index in [4.69, 9.17) is 12.3 Å². The molecule has 0 aromatic carbocycles. The van der Waals surface area contributed by atoms with Gasteiger partial charge in [-0.25, -0.2) is 0 Å². The quantitative estimate of drug-likeness (QED) is 0.685. The maximum Gasteiger partial charge on any atom is 0.350 e. The Morgan fingerprint density at radius 3 is 1.50 bits per heavy atom. The highest BCUT2D eigenvalue weighted by Crippen LogP contribution is 2.57. The third-order valence-electron chi connectivity index (χ3n) is 4.95. The zero-order valence-corrected chi connectivity index (χ0v) is 15.7. The van der Waals surface area contributed by atoms with E-state index in [1.54, 1.807) is 0 Å². The van der Waals surface area contributed by atoms with Crippen LogP contribution in [0.15, 0.2) is 24.6 Å². The Balaban J connectivity index is 2.00. The second-order valence-electron chi connectivity index (χ2n) is 6.32. The summed E-state index contributed by atoms with van der Waals surface area (Å²) in [6.07, 6.45) is 4.95. The second kappa shape index (κ2) is 5.03. The molecule has 2 aliphatic carbocycles. The molecule has 0 radical (unpaired) electrons. The van der Waals surface area contributed by atoms with Gasteiger partial charge in [0.2, 0.25) is 0 Å². The standard InChI is InChI=1S/C14H26O3Si3/c1-5-18(6-2)15-19(7-3,13-9-10-13)17-20(8-4,16-18)14-11-12-14/h7-8,13-14H,3-6,9-12H2,1-2H3. The van der Waals surface area contributed by atoms with Crippen LogP contribution in [0.5, 0.6) is 0 Å². The van der Waals surface area contributed by atoms with Crippen LogP contribution in [0.4, 0.5) is 0 Å². The lowest BCUT2D eigenvalue weighted by molar-refractivity contribution is 0.224. The smallest absolute Gasteiger partial charge is 0.350 e. The van der Waals surface area contributed by atoms with E-state index in [1.165, 1.54) is 25.7 Å². The highest BCUT2D eigenvalue weighted by atomic mass is 28.5. The summed E-state index contributed by atoms with van der Waals surface area (Å²) < 4.78 is 20.0. The van der Waals surface area contributed by atoms with Gasteiger partial charge in [-0.1, -0.05) is 25.2 Å². The minimum atomic E-state index is -2.29. The number of hydrogen-bond donors (Lipinski definition) is 0. The molecule has 0 bridgehead atoms. The molecule has 1 saturated heterocycles. The first-order valence-corrected chi connectivity index (χ1v) is 14.1. The second-order valence-corrected chi connectivity index (χ2v) is 17.3. The Hall–Kier alpha value is 0.0106. The fourth-order valence-corrected chi connectivity index (χ4v) is 20.9. The minimum absolute atomic E-state index is 0.611. The largest absolute Gasteiger partial charge is 0.412 e. The Morgan fingerprint density at radius 1 is 0.850 bits per heavy atom. The maximum absolute atomic E-state index is 6.70. The molecule has 0 aromatic rings. The summed E-state index contributed by atoms with van der Waals surface area (Å²) in [5.41, 5.74) is 5.32. The third-order valence-corrected chi connectivity index (χ3v) is 19.8. The fourth-order valence-electron chi connectivity index (χ4n) is 3.24. The minimum Gasteiger partial charge on any atom is -0.412 e. The summed E-state index contributed by atoms with van der Waals surface area (Å²) in [7, 11) is -6.71. The maximum atomic E-state index is 6.70. The van der Waals surface area contributed by atoms with Crippen molar-refractivity contribution in [2.24, 2.45) is 0 Å². The molecule has 3 nitrogen and oxygen atoms in total. The molecule has 3 fully saturated rings. The van der Waals surface area contributed by atoms with Gasteiger partial charge < -0.3 is 12.3 Å². The van der Waals surface area contributed by atoms with Crippen LogP contribution in [0.2, 0.25) is 23.2 Å². The van der Waals surface area contributed by atoms with Gasteiger partial charge in [-0.15, -0.1) is 13.2 Å². The normalized spacial score (nSPS) is 40.3. The predicted octanol–water partition coefficient (Wildman–Crippen LogP) is 4.19. The van der Waals surface area contributed by atoms with Crippen LogP contribution in [0.1, 0.15) is 39.5 Å². The van der Waals surface area contributed by atoms with Crippen molar-refractivity contribution in [1.29, 1.82) is 0 Å². The van der Waals surface area contributed by atoms with Gasteiger partial charge in [0.1, 0.15) is 0 Å². The van der Waals surface area contributed by atoms with Gasteiger partial charge in [0.15, 0.2) is 0 Å². The summed E-state index contributed by atoms with van der Waals surface area (Å²) in [5, 5.41) is 0. The summed E-state index contributed by atoms with van der Waals surface area (Å²) in [4.78, 5) is 0. The van der Waals surface area contributed by atoms with Crippen LogP contribution in [0.3, 0.4) is 0 Å². The first-order chi connectivity index (χ1) is 9.57. The number of hydrogen-bond acceptors (Lipinski definition) is 3. The van der Waals surface area contributed by atoms with Crippen LogP contribution in [0, 0.1) is 0 Å². The van der Waals surface area contributed by atoms with Gasteiger partial charge in [0.05, 0.1) is 0 Å². The average molecular weight is 327 g/mol. The highest BCUT2D eigenvalue weighted by Gasteiger charge is 2.67. The number of rotatable bonds is 6. The Kier molecular flexibility index (Phi) is 3.76. The van der Waals surface area contributed by atoms with E-state index < -0.39 is 25.7 Å². The molecular weight excluding hydrogens is 300 g/mol. The first-order valence-electron chi connectivity index (χ1n) is 7.95. The molecule has 0 spiro atoms. The zero-order chi connectivity index (χ0) is 14.4. The van der Waals surface area contributed by atoms with E-state index in [1.807, 2.05) is 11.4 Å². The molecule has 1 heterocycles. The van der Waals surface area contributed by atoms with Gasteiger partial charge in [-0.2, -0.15) is 0 Å². The molecule has 2 saturated carbocycles. The molecule has 6 heteroatoms. The lowest BCUT2D eigenvalue weighted by atomic mass is 10.9. The molecule has 2 atom stereocenters. The van der Waals surface area contributed by atoms with Crippen LogP contribution >= 0.6 is 0 Å². The zero-order valence-electron chi connectivity index (χ0n) is 12.7. The van der Waals surface area contributed by atoms with E-state index in [0.29, 0.717) is 11.1 Å². The molecule has 3 aliphatic rings. The molecule has 20 heavy (non-hydrogen) atoms. The Labute approximate surface area is 125 Å². The van der Waals surface area contributed by atoms with Crippen molar-refractivity contribution >= 4 is 25.7 Å². The van der Waals surface area contributed by atoms with Crippen LogP contribution < -0.4 is 0 Å². The molecule has 0 N–H and O–H groups in total. The summed E-state index contributed by atoms with van der Waals surface area (Å²) >= 11 is 0.